The van der Waals surface area contributed by atoms with E-state index < -0.39 is 45.8 Å². The number of likely N-dealkylation sites (N-methyl/N-ethyl adjacent to an activating group) is 1. The van der Waals surface area contributed by atoms with Gasteiger partial charge in [-0.25, -0.2) is 17.2 Å². The predicted octanol–water partition coefficient (Wildman–Crippen LogP) is 4.59. The minimum Gasteiger partial charge on any atom is -0.351 e. The van der Waals surface area contributed by atoms with E-state index in [2.05, 4.69) is 5.32 Å². The molecule has 0 atom stereocenters. The van der Waals surface area contributed by atoms with E-state index in [1.54, 1.807) is 0 Å². The number of hydrogen-bond donors (Lipinski definition) is 1. The van der Waals surface area contributed by atoms with Gasteiger partial charge in [0.05, 0.1) is 17.0 Å². The Morgan fingerprint density at radius 3 is 2.15 bits per heavy atom. The molecule has 1 N–H and O–H groups in total. The Morgan fingerprint density at radius 2 is 1.56 bits per heavy atom. The summed E-state index contributed by atoms with van der Waals surface area (Å²) >= 11 is 0. The summed E-state index contributed by atoms with van der Waals surface area (Å²) in [5, 5.41) is 2.42. The second-order valence-electron chi connectivity index (χ2n) is 7.35. The first-order valence-corrected chi connectivity index (χ1v) is 11.3. The van der Waals surface area contributed by atoms with Crippen molar-refractivity contribution in [3.8, 4) is 11.1 Å². The lowest BCUT2D eigenvalue weighted by molar-refractivity contribution is -0.137. The average Bonchev–Trinajstić information content (AvgIpc) is 2.78. The molecule has 0 saturated carbocycles. The Labute approximate surface area is 192 Å². The van der Waals surface area contributed by atoms with Gasteiger partial charge in [0.25, 0.3) is 0 Å². The highest BCUT2D eigenvalue weighted by molar-refractivity contribution is 7.89. The standard InChI is InChI=1S/C23H19F5N2O3S/c1-30(34(32,33)19-11-9-18(24)10-12-19)14-21(31)29-13-16-3-2-4-20(22(16)25)15-5-7-17(8-6-15)23(26,27)28/h2-12H,13-14H2,1H3,(H,29,31). The van der Waals surface area contributed by atoms with E-state index >= 15 is 0 Å². The molecule has 0 heterocycles. The highest BCUT2D eigenvalue weighted by Gasteiger charge is 2.30. The molecule has 34 heavy (non-hydrogen) atoms. The van der Waals surface area contributed by atoms with Crippen LogP contribution >= 0.6 is 0 Å². The molecule has 0 aliphatic carbocycles. The van der Waals surface area contributed by atoms with Crippen molar-refractivity contribution in [3.63, 3.8) is 0 Å². The van der Waals surface area contributed by atoms with Crippen molar-refractivity contribution in [2.75, 3.05) is 13.6 Å². The van der Waals surface area contributed by atoms with Gasteiger partial charge in [-0.15, -0.1) is 0 Å². The quantitative estimate of drug-likeness (QED) is 0.485. The number of benzene rings is 3. The van der Waals surface area contributed by atoms with Crippen LogP contribution in [0.4, 0.5) is 22.0 Å². The van der Waals surface area contributed by atoms with Gasteiger partial charge in [-0.2, -0.15) is 17.5 Å². The molecule has 5 nitrogen and oxygen atoms in total. The van der Waals surface area contributed by atoms with Gasteiger partial charge in [0, 0.05) is 24.7 Å². The molecular weight excluding hydrogens is 479 g/mol. The molecule has 0 radical (unpaired) electrons. The van der Waals surface area contributed by atoms with E-state index in [-0.39, 0.29) is 28.1 Å². The number of halogens is 5. The molecule has 3 rings (SSSR count). The smallest absolute Gasteiger partial charge is 0.351 e. The molecular formula is C23H19F5N2O3S. The highest BCUT2D eigenvalue weighted by Crippen LogP contribution is 2.32. The van der Waals surface area contributed by atoms with Gasteiger partial charge >= 0.3 is 6.18 Å². The maximum absolute atomic E-state index is 14.9. The van der Waals surface area contributed by atoms with Gasteiger partial charge in [0.1, 0.15) is 11.6 Å². The Balaban J connectivity index is 1.67. The fraction of sp³-hybridized carbons (Fsp3) is 0.174. The third-order valence-corrected chi connectivity index (χ3v) is 6.78. The zero-order valence-electron chi connectivity index (χ0n) is 17.7. The zero-order valence-corrected chi connectivity index (χ0v) is 18.6. The number of carbonyl (C=O) groups is 1. The molecule has 1 amide bonds. The number of hydrogen-bond acceptors (Lipinski definition) is 3. The minimum absolute atomic E-state index is 0.0523. The van der Waals surface area contributed by atoms with E-state index in [9.17, 15) is 35.2 Å². The Bertz CT molecular complexity index is 1280. The number of nitrogens with one attached hydrogen (secondary N) is 1. The molecule has 3 aromatic rings. The van der Waals surface area contributed by atoms with Gasteiger partial charge in [0.2, 0.25) is 15.9 Å². The van der Waals surface area contributed by atoms with Gasteiger partial charge in [-0.1, -0.05) is 30.3 Å². The number of alkyl halides is 3. The fourth-order valence-electron chi connectivity index (χ4n) is 3.10. The van der Waals surface area contributed by atoms with Crippen LogP contribution in [-0.2, 0) is 27.5 Å². The zero-order chi connectivity index (χ0) is 25.1. The molecule has 0 unspecified atom stereocenters. The monoisotopic (exact) mass is 498 g/mol. The fourth-order valence-corrected chi connectivity index (χ4v) is 4.23. The molecule has 0 aromatic heterocycles. The lowest BCUT2D eigenvalue weighted by Crippen LogP contribution is -2.38. The summed E-state index contributed by atoms with van der Waals surface area (Å²) in [7, 11) is -2.88. The number of carbonyl (C=O) groups excluding carboxylic acids is 1. The Kier molecular flexibility index (Phi) is 7.37. The third kappa shape index (κ3) is 5.78. The highest BCUT2D eigenvalue weighted by atomic mass is 32.2. The summed E-state index contributed by atoms with van der Waals surface area (Å²) in [5.41, 5.74) is -0.519. The summed E-state index contributed by atoms with van der Waals surface area (Å²) in [6.07, 6.45) is -4.51. The van der Waals surface area contributed by atoms with Crippen molar-refractivity contribution >= 4 is 15.9 Å². The Morgan fingerprint density at radius 1 is 0.941 bits per heavy atom. The van der Waals surface area contributed by atoms with E-state index in [0.717, 1.165) is 52.8 Å². The van der Waals surface area contributed by atoms with E-state index in [1.807, 2.05) is 0 Å². The molecule has 0 saturated heterocycles. The van der Waals surface area contributed by atoms with Crippen molar-refractivity contribution in [2.24, 2.45) is 0 Å². The maximum atomic E-state index is 14.9. The largest absolute Gasteiger partial charge is 0.416 e. The molecule has 0 spiro atoms. The maximum Gasteiger partial charge on any atom is 0.416 e. The summed E-state index contributed by atoms with van der Waals surface area (Å²) < 4.78 is 92.0. The first-order valence-electron chi connectivity index (χ1n) is 9.83. The summed E-state index contributed by atoms with van der Waals surface area (Å²) in [6, 6.07) is 12.4. The Hall–Kier alpha value is -3.31. The molecule has 0 aliphatic heterocycles. The van der Waals surface area contributed by atoms with Crippen LogP contribution in [0.3, 0.4) is 0 Å². The van der Waals surface area contributed by atoms with Crippen molar-refractivity contribution in [1.82, 2.24) is 9.62 Å². The van der Waals surface area contributed by atoms with Crippen LogP contribution in [0, 0.1) is 11.6 Å². The summed E-state index contributed by atoms with van der Waals surface area (Å²) in [4.78, 5) is 12.1. The molecule has 11 heteroatoms. The van der Waals surface area contributed by atoms with Crippen LogP contribution in [0.2, 0.25) is 0 Å². The third-order valence-electron chi connectivity index (χ3n) is 4.97. The van der Waals surface area contributed by atoms with E-state index in [1.165, 1.54) is 25.2 Å². The normalized spacial score (nSPS) is 12.1. The van der Waals surface area contributed by atoms with Crippen LogP contribution in [0.1, 0.15) is 11.1 Å². The topological polar surface area (TPSA) is 66.5 Å². The van der Waals surface area contributed by atoms with E-state index in [4.69, 9.17) is 0 Å². The second-order valence-corrected chi connectivity index (χ2v) is 9.39. The SMILES string of the molecule is CN(CC(=O)NCc1cccc(-c2ccc(C(F)(F)F)cc2)c1F)S(=O)(=O)c1ccc(F)cc1. The average molecular weight is 498 g/mol. The number of amides is 1. The molecule has 180 valence electrons. The number of nitrogens with zero attached hydrogens (tertiary/aromatic N) is 1. The van der Waals surface area contributed by atoms with Crippen molar-refractivity contribution in [2.45, 2.75) is 17.6 Å². The van der Waals surface area contributed by atoms with Crippen LogP contribution in [0.25, 0.3) is 11.1 Å². The lowest BCUT2D eigenvalue weighted by Gasteiger charge is -2.17. The molecule has 3 aromatic carbocycles. The minimum atomic E-state index is -4.51. The summed E-state index contributed by atoms with van der Waals surface area (Å²) in [5.74, 6) is -2.05. The number of sulfonamides is 1. The van der Waals surface area contributed by atoms with Crippen LogP contribution in [-0.4, -0.2) is 32.2 Å². The van der Waals surface area contributed by atoms with Crippen molar-refractivity contribution in [1.29, 1.82) is 0 Å². The van der Waals surface area contributed by atoms with Gasteiger partial charge in [0.15, 0.2) is 0 Å². The molecule has 0 bridgehead atoms. The van der Waals surface area contributed by atoms with Crippen LogP contribution in [0.15, 0.2) is 71.6 Å². The van der Waals surface area contributed by atoms with Crippen LogP contribution in [0.5, 0.6) is 0 Å². The first-order chi connectivity index (χ1) is 15.9. The van der Waals surface area contributed by atoms with Gasteiger partial charge < -0.3 is 5.32 Å². The van der Waals surface area contributed by atoms with E-state index in [0.29, 0.717) is 0 Å². The van der Waals surface area contributed by atoms with Crippen molar-refractivity contribution < 1.29 is 35.2 Å². The lowest BCUT2D eigenvalue weighted by atomic mass is 10.0. The van der Waals surface area contributed by atoms with Crippen LogP contribution < -0.4 is 5.32 Å². The molecule has 0 aliphatic rings. The first kappa shape index (κ1) is 25.3. The second kappa shape index (κ2) is 9.90. The number of rotatable bonds is 7. The van der Waals surface area contributed by atoms with Gasteiger partial charge in [-0.3, -0.25) is 4.79 Å². The van der Waals surface area contributed by atoms with Crippen molar-refractivity contribution in [3.05, 3.63) is 89.5 Å². The molecule has 0 fully saturated rings. The van der Waals surface area contributed by atoms with Gasteiger partial charge in [-0.05, 0) is 42.0 Å². The predicted molar refractivity (Wildman–Crippen MR) is 115 cm³/mol. The summed E-state index contributed by atoms with van der Waals surface area (Å²) in [6.45, 7) is -0.844.